The minimum Gasteiger partial charge on any atom is -0.208 e. The van der Waals surface area contributed by atoms with Gasteiger partial charge in [-0.2, -0.15) is 13.2 Å². The lowest BCUT2D eigenvalue weighted by Gasteiger charge is -2.10. The molecule has 0 fully saturated rings. The van der Waals surface area contributed by atoms with Gasteiger partial charge in [0.1, 0.15) is 0 Å². The number of benzene rings is 1. The van der Waals surface area contributed by atoms with Gasteiger partial charge in [-0.15, -0.1) is 0 Å². The summed E-state index contributed by atoms with van der Waals surface area (Å²) in [7, 11) is 1.06. The Balaban J connectivity index is 2.97. The van der Waals surface area contributed by atoms with Gasteiger partial charge in [0.25, 0.3) is 9.05 Å². The van der Waals surface area contributed by atoms with E-state index in [0.717, 1.165) is 12.1 Å². The fourth-order valence-electron chi connectivity index (χ4n) is 1.26. The molecule has 1 rings (SSSR count). The van der Waals surface area contributed by atoms with Gasteiger partial charge in [0.15, 0.2) is 0 Å². The van der Waals surface area contributed by atoms with Crippen molar-refractivity contribution in [2.75, 3.05) is 0 Å². The van der Waals surface area contributed by atoms with Crippen molar-refractivity contribution in [1.29, 1.82) is 0 Å². The molecular weight excluding hydrogens is 277 g/mol. The summed E-state index contributed by atoms with van der Waals surface area (Å²) in [6, 6.07) is 4.95. The van der Waals surface area contributed by atoms with Gasteiger partial charge in [0.05, 0.1) is 5.56 Å². The molecule has 0 radical (unpaired) electrons. The molecule has 2 nitrogen and oxygen atoms in total. The molecule has 0 aliphatic carbocycles. The van der Waals surface area contributed by atoms with Crippen molar-refractivity contribution >= 4 is 19.7 Å². The maximum Gasteiger partial charge on any atom is 0.416 e. The van der Waals surface area contributed by atoms with Crippen LogP contribution in [0.4, 0.5) is 13.2 Å². The molecule has 0 bridgehead atoms. The zero-order chi connectivity index (χ0) is 13.1. The SMILES string of the molecule is O=S(=O)(Cl)/C=C\Cc1ccccc1C(F)(F)F. The second-order valence-corrected chi connectivity index (χ2v) is 5.72. The lowest BCUT2D eigenvalue weighted by Crippen LogP contribution is -2.08. The predicted octanol–water partition coefficient (Wildman–Crippen LogP) is 3.33. The van der Waals surface area contributed by atoms with Crippen LogP contribution in [0.1, 0.15) is 11.1 Å². The number of allylic oxidation sites excluding steroid dienone is 1. The number of halogens is 4. The molecule has 0 atom stereocenters. The van der Waals surface area contributed by atoms with Crippen LogP contribution in [0.2, 0.25) is 0 Å². The first kappa shape index (κ1) is 14.1. The van der Waals surface area contributed by atoms with E-state index in [1.807, 2.05) is 0 Å². The summed E-state index contributed by atoms with van der Waals surface area (Å²) in [6.07, 6.45) is -3.53. The number of alkyl halides is 3. The zero-order valence-electron chi connectivity index (χ0n) is 8.41. The lowest BCUT2D eigenvalue weighted by atomic mass is 10.0. The highest BCUT2D eigenvalue weighted by Crippen LogP contribution is 2.32. The Labute approximate surface area is 101 Å². The largest absolute Gasteiger partial charge is 0.416 e. The van der Waals surface area contributed by atoms with Gasteiger partial charge in [0, 0.05) is 16.1 Å². The van der Waals surface area contributed by atoms with E-state index >= 15 is 0 Å². The molecule has 94 valence electrons. The number of hydrogen-bond donors (Lipinski definition) is 0. The van der Waals surface area contributed by atoms with E-state index in [9.17, 15) is 21.6 Å². The van der Waals surface area contributed by atoms with Crippen molar-refractivity contribution in [3.05, 3.63) is 46.9 Å². The topological polar surface area (TPSA) is 34.1 Å². The molecule has 1 aromatic rings. The van der Waals surface area contributed by atoms with Crippen LogP contribution in [0.15, 0.2) is 35.7 Å². The highest BCUT2D eigenvalue weighted by molar-refractivity contribution is 8.16. The third kappa shape index (κ3) is 4.79. The summed E-state index contributed by atoms with van der Waals surface area (Å²) in [5, 5.41) is 0.668. The highest BCUT2D eigenvalue weighted by atomic mass is 35.7. The summed E-state index contributed by atoms with van der Waals surface area (Å²) in [5.41, 5.74) is -0.784. The Morgan fingerprint density at radius 3 is 2.35 bits per heavy atom. The molecule has 0 aromatic heterocycles. The smallest absolute Gasteiger partial charge is 0.208 e. The van der Waals surface area contributed by atoms with Crippen LogP contribution >= 0.6 is 10.7 Å². The van der Waals surface area contributed by atoms with Gasteiger partial charge < -0.3 is 0 Å². The average molecular weight is 285 g/mol. The molecule has 0 unspecified atom stereocenters. The Morgan fingerprint density at radius 1 is 1.24 bits per heavy atom. The molecule has 0 saturated carbocycles. The van der Waals surface area contributed by atoms with Crippen molar-refractivity contribution in [2.45, 2.75) is 12.6 Å². The molecule has 0 amide bonds. The Hall–Kier alpha value is -1.01. The molecule has 0 spiro atoms. The molecule has 17 heavy (non-hydrogen) atoms. The third-order valence-electron chi connectivity index (χ3n) is 1.92. The van der Waals surface area contributed by atoms with Crippen LogP contribution in [-0.4, -0.2) is 8.42 Å². The first-order chi connectivity index (χ1) is 7.70. The van der Waals surface area contributed by atoms with Gasteiger partial charge in [-0.05, 0) is 18.1 Å². The standard InChI is InChI=1S/C10H8ClF3O2S/c11-17(15,16)7-3-5-8-4-1-2-6-9(8)10(12,13)14/h1-4,6-7H,5H2/b7-3-. The molecule has 1 aromatic carbocycles. The van der Waals surface area contributed by atoms with Crippen LogP contribution in [0.25, 0.3) is 0 Å². The monoisotopic (exact) mass is 284 g/mol. The molecule has 0 aliphatic heterocycles. The van der Waals surface area contributed by atoms with Crippen molar-refractivity contribution < 1.29 is 21.6 Å². The minimum atomic E-state index is -4.45. The second kappa shape index (κ2) is 5.10. The normalized spacial score (nSPS) is 13.2. The first-order valence-electron chi connectivity index (χ1n) is 4.46. The van der Waals surface area contributed by atoms with E-state index < -0.39 is 20.8 Å². The predicted molar refractivity (Wildman–Crippen MR) is 59.1 cm³/mol. The van der Waals surface area contributed by atoms with Crippen molar-refractivity contribution in [2.24, 2.45) is 0 Å². The fourth-order valence-corrected chi connectivity index (χ4v) is 1.81. The van der Waals surface area contributed by atoms with E-state index in [1.54, 1.807) is 0 Å². The Kier molecular flexibility index (Phi) is 4.21. The fraction of sp³-hybridized carbons (Fsp3) is 0.200. The lowest BCUT2D eigenvalue weighted by molar-refractivity contribution is -0.138. The van der Waals surface area contributed by atoms with E-state index in [0.29, 0.717) is 5.41 Å². The molecule has 0 N–H and O–H groups in total. The summed E-state index contributed by atoms with van der Waals surface area (Å²) in [4.78, 5) is 0. The Bertz CT molecular complexity index is 521. The van der Waals surface area contributed by atoms with Gasteiger partial charge in [-0.25, -0.2) is 8.42 Å². The quantitative estimate of drug-likeness (QED) is 0.798. The molecule has 0 saturated heterocycles. The summed E-state index contributed by atoms with van der Waals surface area (Å²) in [5.74, 6) is 0. The molecule has 0 heterocycles. The van der Waals surface area contributed by atoms with Crippen LogP contribution in [0.3, 0.4) is 0 Å². The molecular formula is C10H8ClF3O2S. The maximum absolute atomic E-state index is 12.5. The maximum atomic E-state index is 12.5. The average Bonchev–Trinajstić information content (AvgIpc) is 2.15. The molecule has 0 aliphatic rings. The first-order valence-corrected chi connectivity index (χ1v) is 6.84. The van der Waals surface area contributed by atoms with E-state index in [1.165, 1.54) is 18.2 Å². The van der Waals surface area contributed by atoms with Gasteiger partial charge >= 0.3 is 6.18 Å². The van der Waals surface area contributed by atoms with E-state index in [-0.39, 0.29) is 12.0 Å². The van der Waals surface area contributed by atoms with Crippen molar-refractivity contribution in [3.8, 4) is 0 Å². The second-order valence-electron chi connectivity index (χ2n) is 3.21. The van der Waals surface area contributed by atoms with Gasteiger partial charge in [-0.3, -0.25) is 0 Å². The van der Waals surface area contributed by atoms with Crippen LogP contribution in [0.5, 0.6) is 0 Å². The summed E-state index contributed by atoms with van der Waals surface area (Å²) < 4.78 is 58.7. The Morgan fingerprint density at radius 2 is 1.82 bits per heavy atom. The minimum absolute atomic E-state index is 0.00318. The van der Waals surface area contributed by atoms with Crippen LogP contribution < -0.4 is 0 Å². The number of rotatable bonds is 3. The summed E-state index contributed by atoms with van der Waals surface area (Å²) in [6.45, 7) is 0. The van der Waals surface area contributed by atoms with Crippen LogP contribution in [0, 0.1) is 0 Å². The zero-order valence-corrected chi connectivity index (χ0v) is 9.98. The number of hydrogen-bond acceptors (Lipinski definition) is 2. The van der Waals surface area contributed by atoms with Crippen LogP contribution in [-0.2, 0) is 21.6 Å². The van der Waals surface area contributed by atoms with Crippen molar-refractivity contribution in [3.63, 3.8) is 0 Å². The van der Waals surface area contributed by atoms with Crippen molar-refractivity contribution in [1.82, 2.24) is 0 Å². The third-order valence-corrected chi connectivity index (χ3v) is 2.75. The van der Waals surface area contributed by atoms with E-state index in [2.05, 4.69) is 0 Å². The summed E-state index contributed by atoms with van der Waals surface area (Å²) >= 11 is 0. The highest BCUT2D eigenvalue weighted by Gasteiger charge is 2.32. The van der Waals surface area contributed by atoms with Gasteiger partial charge in [-0.1, -0.05) is 24.3 Å². The van der Waals surface area contributed by atoms with Gasteiger partial charge in [0.2, 0.25) is 0 Å². The van der Waals surface area contributed by atoms with E-state index in [4.69, 9.17) is 10.7 Å². The molecule has 7 heteroatoms.